The first kappa shape index (κ1) is 43.1. The van der Waals surface area contributed by atoms with Crippen molar-refractivity contribution in [2.75, 3.05) is 4.90 Å². The second-order valence-corrected chi connectivity index (χ2v) is 22.0. The molecule has 4 nitrogen and oxygen atoms in total. The molecule has 0 N–H and O–H groups in total. The Labute approximate surface area is 440 Å². The van der Waals surface area contributed by atoms with Gasteiger partial charge in [-0.15, -0.1) is 0 Å². The summed E-state index contributed by atoms with van der Waals surface area (Å²) in [6.07, 6.45) is 0. The summed E-state index contributed by atoms with van der Waals surface area (Å²) in [5.74, 6) is 0. The minimum atomic E-state index is -0.316. The zero-order chi connectivity index (χ0) is 50.6. The van der Waals surface area contributed by atoms with Gasteiger partial charge in [-0.25, -0.2) is 0 Å². The highest BCUT2D eigenvalue weighted by Gasteiger charge is 2.40. The fraction of sp³-hybridized carbons (Fsp3) is 0.0833. The molecule has 3 aromatic heterocycles. The summed E-state index contributed by atoms with van der Waals surface area (Å²) in [4.78, 5) is 2.46. The molecule has 0 fully saturated rings. The van der Waals surface area contributed by atoms with Crippen molar-refractivity contribution in [3.63, 3.8) is 0 Å². The maximum Gasteiger partial charge on any atom is 0.140 e. The monoisotopic (exact) mass is 974 g/mol. The topological polar surface area (TPSA) is 34.5 Å². The van der Waals surface area contributed by atoms with Gasteiger partial charge in [-0.3, -0.25) is 0 Å². The van der Waals surface area contributed by atoms with Crippen molar-refractivity contribution >= 4 is 82.7 Å². The van der Waals surface area contributed by atoms with E-state index in [1.165, 1.54) is 88.4 Å². The van der Waals surface area contributed by atoms with E-state index in [1.54, 1.807) is 0 Å². The van der Waals surface area contributed by atoms with Gasteiger partial charge in [0.05, 0.1) is 11.0 Å². The number of aromatic nitrogens is 1. The molecule has 16 rings (SSSR count). The van der Waals surface area contributed by atoms with Crippen LogP contribution in [0.15, 0.2) is 239 Å². The van der Waals surface area contributed by atoms with Crippen LogP contribution in [0.2, 0.25) is 0 Å². The summed E-state index contributed by atoms with van der Waals surface area (Å²) in [5.41, 5.74) is 25.0. The lowest BCUT2D eigenvalue weighted by Crippen LogP contribution is -2.18. The summed E-state index contributed by atoms with van der Waals surface area (Å²) in [6.45, 7) is 9.48. The number of fused-ring (bicyclic) bond motifs is 16. The second kappa shape index (κ2) is 15.6. The van der Waals surface area contributed by atoms with E-state index in [4.69, 9.17) is 8.83 Å². The predicted octanol–water partition coefficient (Wildman–Crippen LogP) is 20.0. The molecule has 0 amide bonds. The highest BCUT2D eigenvalue weighted by Crippen LogP contribution is 2.56. The van der Waals surface area contributed by atoms with E-state index in [2.05, 4.69) is 256 Å². The first-order chi connectivity index (χ1) is 37.2. The molecule has 2 aliphatic rings. The van der Waals surface area contributed by atoms with Crippen molar-refractivity contribution in [3.05, 3.63) is 253 Å². The van der Waals surface area contributed by atoms with Gasteiger partial charge < -0.3 is 18.3 Å². The molecule has 0 bridgehead atoms. The Balaban J connectivity index is 0.796. The van der Waals surface area contributed by atoms with Gasteiger partial charge in [0, 0.05) is 71.5 Å². The van der Waals surface area contributed by atoms with E-state index >= 15 is 0 Å². The highest BCUT2D eigenvalue weighted by atomic mass is 16.3. The van der Waals surface area contributed by atoms with E-state index in [0.29, 0.717) is 0 Å². The average Bonchev–Trinajstić information content (AvgIpc) is 4.23. The Morgan fingerprint density at radius 1 is 0.329 bits per heavy atom. The fourth-order valence-electron chi connectivity index (χ4n) is 13.4. The molecule has 0 atom stereocenters. The van der Waals surface area contributed by atoms with Crippen molar-refractivity contribution in [2.45, 2.75) is 38.5 Å². The van der Waals surface area contributed by atoms with Gasteiger partial charge in [0.25, 0.3) is 0 Å². The number of para-hydroxylation sites is 4. The number of furan rings is 2. The van der Waals surface area contributed by atoms with Crippen molar-refractivity contribution < 1.29 is 8.83 Å². The Kier molecular flexibility index (Phi) is 8.83. The average molecular weight is 975 g/mol. The van der Waals surface area contributed by atoms with Crippen LogP contribution in [0, 0.1) is 0 Å². The molecule has 76 heavy (non-hydrogen) atoms. The van der Waals surface area contributed by atoms with E-state index < -0.39 is 0 Å². The highest BCUT2D eigenvalue weighted by molar-refractivity contribution is 6.11. The first-order valence-corrected chi connectivity index (χ1v) is 26.5. The van der Waals surface area contributed by atoms with E-state index in [0.717, 1.165) is 66.8 Å². The number of benzene rings is 11. The first-order valence-electron chi connectivity index (χ1n) is 26.5. The van der Waals surface area contributed by atoms with Crippen LogP contribution >= 0.6 is 0 Å². The number of nitrogens with zero attached hydrogens (tertiary/aromatic N) is 2. The molecule has 2 aliphatic carbocycles. The predicted molar refractivity (Wildman–Crippen MR) is 316 cm³/mol. The molecule has 0 spiro atoms. The van der Waals surface area contributed by atoms with Crippen molar-refractivity contribution in [1.82, 2.24) is 4.57 Å². The Morgan fingerprint density at radius 3 is 1.45 bits per heavy atom. The van der Waals surface area contributed by atoms with Crippen molar-refractivity contribution in [3.8, 4) is 50.2 Å². The second-order valence-electron chi connectivity index (χ2n) is 22.0. The standard InChI is InChI=1S/C72H50N2O2/c1-71(2)61-39-45(46-26-34-58-56-15-7-11-19-66(56)75-68(58)40-46)25-33-51(61)52-35-31-49(41-62(52)71)73(50-32-36-53-59-37-38-60-57-16-8-12-20-67(57)76-70(60)69(59)72(3,4)63(53)42-50)47-27-21-43(22-28-47)44-23-29-48(30-24-44)74-64-17-9-5-13-54(64)55-14-6-10-18-65(55)74/h5-42H,1-4H3. The van der Waals surface area contributed by atoms with Gasteiger partial charge in [-0.1, -0.05) is 161 Å². The van der Waals surface area contributed by atoms with Crippen LogP contribution in [0.25, 0.3) is 116 Å². The minimum Gasteiger partial charge on any atom is -0.456 e. The van der Waals surface area contributed by atoms with Crippen LogP contribution in [0.4, 0.5) is 17.1 Å². The molecule has 4 heteroatoms. The number of hydrogen-bond acceptors (Lipinski definition) is 3. The maximum absolute atomic E-state index is 6.72. The summed E-state index contributed by atoms with van der Waals surface area (Å²) in [6, 6.07) is 84.7. The van der Waals surface area contributed by atoms with E-state index in [1.807, 2.05) is 12.1 Å². The van der Waals surface area contributed by atoms with Crippen molar-refractivity contribution in [1.29, 1.82) is 0 Å². The van der Waals surface area contributed by atoms with Crippen LogP contribution in [0.3, 0.4) is 0 Å². The van der Waals surface area contributed by atoms with Gasteiger partial charge in [0.2, 0.25) is 0 Å². The van der Waals surface area contributed by atoms with Gasteiger partial charge in [0.1, 0.15) is 22.3 Å². The molecule has 0 unspecified atom stereocenters. The lowest BCUT2D eigenvalue weighted by atomic mass is 9.81. The van der Waals surface area contributed by atoms with Crippen molar-refractivity contribution in [2.24, 2.45) is 0 Å². The molecular formula is C72H50N2O2. The number of rotatable bonds is 6. The molecular weight excluding hydrogens is 925 g/mol. The van der Waals surface area contributed by atoms with Crippen LogP contribution < -0.4 is 4.90 Å². The SMILES string of the molecule is CC1(C)c2cc(-c3ccc4c(c3)oc3ccccc34)ccc2-c2ccc(N(c3ccc(-c4ccc(-n5c6ccccc6c6ccccc65)cc4)cc3)c3ccc4c(c3)C(C)(C)c3c-4ccc4c3oc3ccccc34)cc21. The van der Waals surface area contributed by atoms with E-state index in [-0.39, 0.29) is 10.8 Å². The number of anilines is 3. The van der Waals surface area contributed by atoms with Crippen LogP contribution in [-0.2, 0) is 10.8 Å². The summed E-state index contributed by atoms with van der Waals surface area (Å²) in [5, 5.41) is 7.14. The third kappa shape index (κ3) is 6.07. The molecule has 0 saturated carbocycles. The molecule has 11 aromatic carbocycles. The third-order valence-electron chi connectivity index (χ3n) is 17.2. The Hall–Kier alpha value is -9.38. The molecule has 0 aliphatic heterocycles. The third-order valence-corrected chi connectivity index (χ3v) is 17.2. The van der Waals surface area contributed by atoms with Crippen LogP contribution in [-0.4, -0.2) is 4.57 Å². The molecule has 360 valence electrons. The Morgan fingerprint density at radius 2 is 0.776 bits per heavy atom. The van der Waals surface area contributed by atoms with Gasteiger partial charge >= 0.3 is 0 Å². The Bertz CT molecular complexity index is 4700. The van der Waals surface area contributed by atoms with Gasteiger partial charge in [0.15, 0.2) is 0 Å². The van der Waals surface area contributed by atoms with E-state index in [9.17, 15) is 0 Å². The fourth-order valence-corrected chi connectivity index (χ4v) is 13.4. The summed E-state index contributed by atoms with van der Waals surface area (Å²) >= 11 is 0. The molecule has 0 radical (unpaired) electrons. The van der Waals surface area contributed by atoms with Gasteiger partial charge in [-0.2, -0.15) is 0 Å². The normalized spacial score (nSPS) is 14.0. The summed E-state index contributed by atoms with van der Waals surface area (Å²) < 4.78 is 15.4. The smallest absolute Gasteiger partial charge is 0.140 e. The largest absolute Gasteiger partial charge is 0.456 e. The quantitative estimate of drug-likeness (QED) is 0.167. The maximum atomic E-state index is 6.72. The zero-order valence-corrected chi connectivity index (χ0v) is 42.7. The minimum absolute atomic E-state index is 0.263. The van der Waals surface area contributed by atoms with Crippen LogP contribution in [0.5, 0.6) is 0 Å². The lowest BCUT2D eigenvalue weighted by molar-refractivity contribution is 0.620. The molecule has 0 saturated heterocycles. The van der Waals surface area contributed by atoms with Gasteiger partial charge in [-0.05, 0) is 158 Å². The number of hydrogen-bond donors (Lipinski definition) is 0. The lowest BCUT2D eigenvalue weighted by Gasteiger charge is -2.30. The molecule has 3 heterocycles. The molecule has 14 aromatic rings. The summed E-state index contributed by atoms with van der Waals surface area (Å²) in [7, 11) is 0. The van der Waals surface area contributed by atoms with Crippen LogP contribution in [0.1, 0.15) is 49.9 Å². The zero-order valence-electron chi connectivity index (χ0n) is 42.7.